The molecular formula is C20H23N3OS. The predicted octanol–water partition coefficient (Wildman–Crippen LogP) is 4.09. The molecule has 3 heterocycles. The van der Waals surface area contributed by atoms with E-state index in [0.29, 0.717) is 6.04 Å². The van der Waals surface area contributed by atoms with E-state index in [-0.39, 0.29) is 0 Å². The Hall–Kier alpha value is -1.95. The Labute approximate surface area is 152 Å². The monoisotopic (exact) mass is 353 g/mol. The molecule has 1 aliphatic heterocycles. The van der Waals surface area contributed by atoms with E-state index in [1.807, 2.05) is 17.5 Å². The SMILES string of the molecule is Cc1ccc2nccc(NCC(c3cccs3)N3CCOCC3)c2c1. The minimum absolute atomic E-state index is 0.372. The number of rotatable bonds is 5. The van der Waals surface area contributed by atoms with E-state index >= 15 is 0 Å². The predicted molar refractivity (Wildman–Crippen MR) is 104 cm³/mol. The summed E-state index contributed by atoms with van der Waals surface area (Å²) in [6, 6.07) is 13.2. The lowest BCUT2D eigenvalue weighted by Gasteiger charge is -2.34. The smallest absolute Gasteiger partial charge is 0.0722 e. The zero-order valence-electron chi connectivity index (χ0n) is 14.4. The molecule has 1 aliphatic rings. The summed E-state index contributed by atoms with van der Waals surface area (Å²) in [6.07, 6.45) is 1.88. The highest BCUT2D eigenvalue weighted by atomic mass is 32.1. The Morgan fingerprint density at radius 3 is 2.92 bits per heavy atom. The highest BCUT2D eigenvalue weighted by molar-refractivity contribution is 7.10. The molecule has 1 fully saturated rings. The molecule has 130 valence electrons. The average molecular weight is 353 g/mol. The number of nitrogens with zero attached hydrogens (tertiary/aromatic N) is 2. The van der Waals surface area contributed by atoms with Crippen LogP contribution < -0.4 is 5.32 Å². The van der Waals surface area contributed by atoms with Crippen LogP contribution in [0.25, 0.3) is 10.9 Å². The number of anilines is 1. The van der Waals surface area contributed by atoms with Crippen molar-refractivity contribution in [3.63, 3.8) is 0 Å². The van der Waals surface area contributed by atoms with Crippen molar-refractivity contribution in [2.45, 2.75) is 13.0 Å². The van der Waals surface area contributed by atoms with E-state index in [1.165, 1.54) is 15.8 Å². The fourth-order valence-electron chi connectivity index (χ4n) is 3.40. The second kappa shape index (κ2) is 7.52. The van der Waals surface area contributed by atoms with Crippen LogP contribution in [0.15, 0.2) is 48.0 Å². The third-order valence-electron chi connectivity index (χ3n) is 4.74. The van der Waals surface area contributed by atoms with Gasteiger partial charge in [-0.05, 0) is 36.6 Å². The van der Waals surface area contributed by atoms with Crippen LogP contribution >= 0.6 is 11.3 Å². The molecule has 2 aromatic heterocycles. The first kappa shape index (κ1) is 16.5. The van der Waals surface area contributed by atoms with E-state index in [9.17, 15) is 0 Å². The van der Waals surface area contributed by atoms with Crippen LogP contribution in [-0.2, 0) is 4.74 Å². The molecule has 0 bridgehead atoms. The summed E-state index contributed by atoms with van der Waals surface area (Å²) in [7, 11) is 0. The Morgan fingerprint density at radius 2 is 2.12 bits per heavy atom. The molecule has 0 saturated carbocycles. The van der Waals surface area contributed by atoms with Gasteiger partial charge in [0, 0.05) is 41.8 Å². The van der Waals surface area contributed by atoms with Crippen LogP contribution in [-0.4, -0.2) is 42.7 Å². The van der Waals surface area contributed by atoms with Crippen molar-refractivity contribution < 1.29 is 4.74 Å². The molecular weight excluding hydrogens is 330 g/mol. The fourth-order valence-corrected chi connectivity index (χ4v) is 4.26. The topological polar surface area (TPSA) is 37.4 Å². The maximum atomic E-state index is 5.53. The molecule has 1 unspecified atom stereocenters. The van der Waals surface area contributed by atoms with Gasteiger partial charge in [0.2, 0.25) is 0 Å². The first-order chi connectivity index (χ1) is 12.3. The molecule has 1 atom stereocenters. The number of thiophene rings is 1. The molecule has 5 heteroatoms. The molecule has 4 rings (SSSR count). The lowest BCUT2D eigenvalue weighted by molar-refractivity contribution is 0.0194. The summed E-state index contributed by atoms with van der Waals surface area (Å²) in [5.41, 5.74) is 3.45. The Balaban J connectivity index is 1.58. The number of aromatic nitrogens is 1. The van der Waals surface area contributed by atoms with E-state index < -0.39 is 0 Å². The first-order valence-electron chi connectivity index (χ1n) is 8.76. The first-order valence-corrected chi connectivity index (χ1v) is 9.64. The van der Waals surface area contributed by atoms with Crippen molar-refractivity contribution in [1.29, 1.82) is 0 Å². The maximum absolute atomic E-state index is 5.53. The van der Waals surface area contributed by atoms with Crippen LogP contribution in [0.2, 0.25) is 0 Å². The molecule has 0 aliphatic carbocycles. The zero-order chi connectivity index (χ0) is 17.1. The number of pyridine rings is 1. The third-order valence-corrected chi connectivity index (χ3v) is 5.71. The summed E-state index contributed by atoms with van der Waals surface area (Å²) < 4.78 is 5.53. The van der Waals surface area contributed by atoms with E-state index in [1.54, 1.807) is 0 Å². The molecule has 25 heavy (non-hydrogen) atoms. The molecule has 0 amide bonds. The highest BCUT2D eigenvalue weighted by Crippen LogP contribution is 2.28. The van der Waals surface area contributed by atoms with Gasteiger partial charge in [0.05, 0.1) is 24.8 Å². The number of hydrogen-bond donors (Lipinski definition) is 1. The summed E-state index contributed by atoms with van der Waals surface area (Å²) in [6.45, 7) is 6.62. The maximum Gasteiger partial charge on any atom is 0.0722 e. The van der Waals surface area contributed by atoms with Gasteiger partial charge in [-0.3, -0.25) is 9.88 Å². The van der Waals surface area contributed by atoms with Crippen LogP contribution in [0.5, 0.6) is 0 Å². The Bertz CT molecular complexity index is 828. The van der Waals surface area contributed by atoms with Gasteiger partial charge in [-0.1, -0.05) is 17.7 Å². The molecule has 1 N–H and O–H groups in total. The minimum atomic E-state index is 0.372. The Morgan fingerprint density at radius 1 is 1.24 bits per heavy atom. The van der Waals surface area contributed by atoms with E-state index in [0.717, 1.165) is 44.1 Å². The van der Waals surface area contributed by atoms with Gasteiger partial charge in [0.1, 0.15) is 0 Å². The van der Waals surface area contributed by atoms with Gasteiger partial charge in [0.15, 0.2) is 0 Å². The summed E-state index contributed by atoms with van der Waals surface area (Å²) in [4.78, 5) is 8.42. The summed E-state index contributed by atoms with van der Waals surface area (Å²) in [5, 5.41) is 7.03. The number of aryl methyl sites for hydroxylation is 1. The molecule has 1 saturated heterocycles. The standard InChI is InChI=1S/C20H23N3OS/c1-15-4-5-17-16(13-15)18(6-7-21-17)22-14-19(20-3-2-12-25-20)23-8-10-24-11-9-23/h2-7,12-13,19H,8-11,14H2,1H3,(H,21,22). The Kier molecular flexibility index (Phi) is 4.97. The average Bonchev–Trinajstić information content (AvgIpc) is 3.17. The van der Waals surface area contributed by atoms with Crippen molar-refractivity contribution in [2.75, 3.05) is 38.2 Å². The van der Waals surface area contributed by atoms with Gasteiger partial charge in [-0.15, -0.1) is 11.3 Å². The fraction of sp³-hybridized carbons (Fsp3) is 0.350. The van der Waals surface area contributed by atoms with Gasteiger partial charge in [-0.25, -0.2) is 0 Å². The van der Waals surface area contributed by atoms with Crippen LogP contribution in [0.3, 0.4) is 0 Å². The molecule has 0 spiro atoms. The number of benzene rings is 1. The van der Waals surface area contributed by atoms with Crippen molar-refractivity contribution in [1.82, 2.24) is 9.88 Å². The summed E-state index contributed by atoms with van der Waals surface area (Å²) in [5.74, 6) is 0. The zero-order valence-corrected chi connectivity index (χ0v) is 15.3. The third kappa shape index (κ3) is 3.68. The van der Waals surface area contributed by atoms with E-state index in [2.05, 4.69) is 63.9 Å². The lowest BCUT2D eigenvalue weighted by Crippen LogP contribution is -2.41. The van der Waals surface area contributed by atoms with Gasteiger partial charge in [0.25, 0.3) is 0 Å². The van der Waals surface area contributed by atoms with Crippen LogP contribution in [0, 0.1) is 6.92 Å². The van der Waals surface area contributed by atoms with Crippen molar-refractivity contribution in [2.24, 2.45) is 0 Å². The molecule has 3 aromatic rings. The molecule has 4 nitrogen and oxygen atoms in total. The lowest BCUT2D eigenvalue weighted by atomic mass is 10.1. The largest absolute Gasteiger partial charge is 0.382 e. The number of fused-ring (bicyclic) bond motifs is 1. The van der Waals surface area contributed by atoms with E-state index in [4.69, 9.17) is 4.74 Å². The second-order valence-corrected chi connectivity index (χ2v) is 7.42. The minimum Gasteiger partial charge on any atom is -0.382 e. The van der Waals surface area contributed by atoms with Gasteiger partial charge < -0.3 is 10.1 Å². The summed E-state index contributed by atoms with van der Waals surface area (Å²) >= 11 is 1.83. The van der Waals surface area contributed by atoms with Crippen LogP contribution in [0.4, 0.5) is 5.69 Å². The number of nitrogens with one attached hydrogen (secondary N) is 1. The second-order valence-electron chi connectivity index (χ2n) is 6.44. The van der Waals surface area contributed by atoms with Gasteiger partial charge in [-0.2, -0.15) is 0 Å². The highest BCUT2D eigenvalue weighted by Gasteiger charge is 2.23. The van der Waals surface area contributed by atoms with Crippen molar-refractivity contribution in [3.8, 4) is 0 Å². The van der Waals surface area contributed by atoms with Crippen molar-refractivity contribution >= 4 is 27.9 Å². The number of morpholine rings is 1. The normalized spacial score (nSPS) is 16.8. The number of hydrogen-bond acceptors (Lipinski definition) is 5. The van der Waals surface area contributed by atoms with Gasteiger partial charge >= 0.3 is 0 Å². The number of ether oxygens (including phenoxy) is 1. The van der Waals surface area contributed by atoms with Crippen LogP contribution in [0.1, 0.15) is 16.5 Å². The molecule has 1 aromatic carbocycles. The van der Waals surface area contributed by atoms with Crippen molar-refractivity contribution in [3.05, 3.63) is 58.4 Å². The quantitative estimate of drug-likeness (QED) is 0.750. The molecule has 0 radical (unpaired) electrons.